The number of hydrogen-bond acceptors (Lipinski definition) is 5. The number of rotatable bonds is 10. The van der Waals surface area contributed by atoms with E-state index in [1.807, 2.05) is 32.2 Å². The van der Waals surface area contributed by atoms with E-state index in [4.69, 9.17) is 19.3 Å². The molecule has 4 aliphatic rings. The average molecular weight is 491 g/mol. The summed E-state index contributed by atoms with van der Waals surface area (Å²) in [4.78, 5) is 24.3. The highest BCUT2D eigenvalue weighted by molar-refractivity contribution is 6.08. The summed E-state index contributed by atoms with van der Waals surface area (Å²) in [5.74, 6) is 1.27. The smallest absolute Gasteiger partial charge is 0.335 e. The Kier molecular flexibility index (Phi) is 7.00. The highest BCUT2D eigenvalue weighted by Gasteiger charge is 2.62. The van der Waals surface area contributed by atoms with Gasteiger partial charge in [-0.25, -0.2) is 4.79 Å². The van der Waals surface area contributed by atoms with E-state index in [2.05, 4.69) is 0 Å². The molecule has 0 amide bonds. The van der Waals surface area contributed by atoms with Crippen LogP contribution in [0.3, 0.4) is 0 Å². The number of benzene rings is 2. The highest BCUT2D eigenvalue weighted by atomic mass is 16.7. The molecule has 0 aromatic heterocycles. The molecular formula is C30H34O6. The quantitative estimate of drug-likeness (QED) is 0.255. The van der Waals surface area contributed by atoms with Gasteiger partial charge in [0.1, 0.15) is 5.75 Å². The van der Waals surface area contributed by atoms with E-state index in [1.165, 1.54) is 37.5 Å². The van der Waals surface area contributed by atoms with Crippen molar-refractivity contribution < 1.29 is 28.9 Å². The number of carbonyl (C=O) groups is 2. The molecule has 4 bridgehead atoms. The van der Waals surface area contributed by atoms with Crippen LogP contribution in [0.4, 0.5) is 0 Å². The van der Waals surface area contributed by atoms with Gasteiger partial charge in [-0.3, -0.25) is 4.79 Å². The van der Waals surface area contributed by atoms with Crippen LogP contribution < -0.4 is 4.74 Å². The molecule has 4 atom stereocenters. The molecular weight excluding hydrogens is 456 g/mol. The van der Waals surface area contributed by atoms with Gasteiger partial charge in [0, 0.05) is 13.7 Å². The maximum Gasteiger partial charge on any atom is 0.335 e. The average Bonchev–Trinajstić information content (AvgIpc) is 2.87. The molecule has 190 valence electrons. The first-order chi connectivity index (χ1) is 17.4. The minimum atomic E-state index is -0.980. The van der Waals surface area contributed by atoms with Crippen molar-refractivity contribution in [2.75, 3.05) is 13.7 Å². The van der Waals surface area contributed by atoms with E-state index in [-0.39, 0.29) is 22.9 Å². The van der Waals surface area contributed by atoms with Crippen molar-refractivity contribution >= 4 is 17.8 Å². The molecule has 6 rings (SSSR count). The zero-order valence-corrected chi connectivity index (χ0v) is 20.9. The first-order valence-electron chi connectivity index (χ1n) is 12.9. The lowest BCUT2D eigenvalue weighted by Gasteiger charge is -2.61. The first-order valence-corrected chi connectivity index (χ1v) is 12.9. The minimum absolute atomic E-state index is 0.0957. The number of carbonyl (C=O) groups excluding carboxylic acids is 1. The molecule has 1 N–H and O–H groups in total. The molecule has 4 aliphatic carbocycles. The predicted octanol–water partition coefficient (Wildman–Crippen LogP) is 5.86. The second-order valence-corrected chi connectivity index (χ2v) is 10.5. The van der Waals surface area contributed by atoms with Crippen molar-refractivity contribution in [1.29, 1.82) is 0 Å². The summed E-state index contributed by atoms with van der Waals surface area (Å²) in [6.07, 6.45) is 8.60. The molecule has 2 aromatic carbocycles. The van der Waals surface area contributed by atoms with Gasteiger partial charge in [-0.1, -0.05) is 30.3 Å². The van der Waals surface area contributed by atoms with Gasteiger partial charge in [0.05, 0.1) is 22.6 Å². The minimum Gasteiger partial charge on any atom is -0.478 e. The number of allylic oxidation sites excluding steroid dienone is 1. The van der Waals surface area contributed by atoms with Crippen molar-refractivity contribution in [3.8, 4) is 5.75 Å². The Balaban J connectivity index is 1.39. The Labute approximate surface area is 212 Å². The third kappa shape index (κ3) is 4.60. The van der Waals surface area contributed by atoms with Crippen LogP contribution in [0.1, 0.15) is 65.3 Å². The number of hydrogen-bond donors (Lipinski definition) is 1. The number of ketones is 1. The Morgan fingerprint density at radius 2 is 1.75 bits per heavy atom. The van der Waals surface area contributed by atoms with Gasteiger partial charge in [0.15, 0.2) is 5.78 Å². The normalized spacial score (nSPS) is 29.4. The molecule has 4 saturated carbocycles. The van der Waals surface area contributed by atoms with Crippen LogP contribution in [-0.2, 0) is 9.47 Å². The molecule has 2 aromatic rings. The van der Waals surface area contributed by atoms with E-state index in [9.17, 15) is 9.59 Å². The molecule has 4 unspecified atom stereocenters. The van der Waals surface area contributed by atoms with Crippen LogP contribution in [0.15, 0.2) is 54.6 Å². The van der Waals surface area contributed by atoms with Crippen LogP contribution in [0.2, 0.25) is 0 Å². The monoisotopic (exact) mass is 490 g/mol. The second kappa shape index (κ2) is 10.2. The number of carboxylic acids is 1. The molecule has 0 heterocycles. The summed E-state index contributed by atoms with van der Waals surface area (Å²) >= 11 is 0. The van der Waals surface area contributed by atoms with E-state index in [0.717, 1.165) is 18.4 Å². The largest absolute Gasteiger partial charge is 0.478 e. The fourth-order valence-corrected chi connectivity index (χ4v) is 7.17. The maximum absolute atomic E-state index is 13.2. The van der Waals surface area contributed by atoms with Crippen LogP contribution in [0.25, 0.3) is 6.08 Å². The van der Waals surface area contributed by atoms with Crippen molar-refractivity contribution in [2.24, 2.45) is 23.2 Å². The number of carboxylic acid groups (broad SMARTS) is 1. The second-order valence-electron chi connectivity index (χ2n) is 10.5. The number of para-hydroxylation sites is 1. The molecule has 0 radical (unpaired) electrons. The van der Waals surface area contributed by atoms with Crippen molar-refractivity contribution in [1.82, 2.24) is 0 Å². The fraction of sp³-hybridized carbons (Fsp3) is 0.467. The molecule has 0 spiro atoms. The molecule has 36 heavy (non-hydrogen) atoms. The van der Waals surface area contributed by atoms with Gasteiger partial charge < -0.3 is 19.3 Å². The lowest BCUT2D eigenvalue weighted by molar-refractivity contribution is -0.266. The summed E-state index contributed by atoms with van der Waals surface area (Å²) in [6, 6.07) is 13.7. The summed E-state index contributed by atoms with van der Waals surface area (Å²) in [7, 11) is 1.81. The number of aromatic carboxylic acids is 1. The number of methoxy groups -OCH3 is 1. The maximum atomic E-state index is 13.2. The molecule has 0 saturated heterocycles. The van der Waals surface area contributed by atoms with Gasteiger partial charge in [0.2, 0.25) is 6.29 Å². The summed E-state index contributed by atoms with van der Waals surface area (Å²) in [5.41, 5.74) is 1.21. The SMILES string of the molecule is CCOC(Oc1ccccc1C(=O)C=Cc1ccc(C(=O)O)cc1)C12CC3CC(CC(C3)C1OC)C2. The Hall–Kier alpha value is -2.96. The first kappa shape index (κ1) is 24.7. The standard InChI is InChI=1S/C30H34O6/c1-3-35-29(30-17-20-14-21(18-30)16-23(15-20)27(30)34-2)36-26-7-5-4-6-24(26)25(31)13-10-19-8-11-22(12-9-19)28(32)33/h4-13,20-21,23,27,29H,3,14-18H2,1-2H3,(H,32,33). The van der Waals surface area contributed by atoms with Crippen LogP contribution in [0.5, 0.6) is 5.75 Å². The van der Waals surface area contributed by atoms with Gasteiger partial charge in [0.25, 0.3) is 0 Å². The van der Waals surface area contributed by atoms with Crippen LogP contribution >= 0.6 is 0 Å². The fourth-order valence-electron chi connectivity index (χ4n) is 7.17. The molecule has 4 fully saturated rings. The summed E-state index contributed by atoms with van der Waals surface area (Å²) in [5, 5.41) is 9.08. The summed E-state index contributed by atoms with van der Waals surface area (Å²) < 4.78 is 19.0. The van der Waals surface area contributed by atoms with E-state index >= 15 is 0 Å². The summed E-state index contributed by atoms with van der Waals surface area (Å²) in [6.45, 7) is 2.50. The number of ether oxygens (including phenoxy) is 3. The van der Waals surface area contributed by atoms with E-state index in [0.29, 0.717) is 35.7 Å². The predicted molar refractivity (Wildman–Crippen MR) is 136 cm³/mol. The molecule has 6 heteroatoms. The third-order valence-corrected chi connectivity index (χ3v) is 8.28. The van der Waals surface area contributed by atoms with Crippen molar-refractivity contribution in [3.63, 3.8) is 0 Å². The van der Waals surface area contributed by atoms with Gasteiger partial charge in [-0.05, 0) is 92.7 Å². The topological polar surface area (TPSA) is 82.1 Å². The highest BCUT2D eigenvalue weighted by Crippen LogP contribution is 2.62. The van der Waals surface area contributed by atoms with Gasteiger partial charge in [-0.15, -0.1) is 0 Å². The zero-order valence-electron chi connectivity index (χ0n) is 20.9. The Morgan fingerprint density at radius 1 is 1.06 bits per heavy atom. The Bertz CT molecular complexity index is 1120. The zero-order chi connectivity index (χ0) is 25.3. The van der Waals surface area contributed by atoms with E-state index < -0.39 is 12.3 Å². The van der Waals surface area contributed by atoms with Crippen LogP contribution in [0, 0.1) is 23.2 Å². The van der Waals surface area contributed by atoms with Crippen molar-refractivity contribution in [2.45, 2.75) is 51.4 Å². The van der Waals surface area contributed by atoms with Crippen LogP contribution in [-0.4, -0.2) is 43.0 Å². The lowest BCUT2D eigenvalue weighted by Crippen LogP contribution is -2.63. The lowest BCUT2D eigenvalue weighted by atomic mass is 9.48. The van der Waals surface area contributed by atoms with Crippen molar-refractivity contribution in [3.05, 3.63) is 71.3 Å². The van der Waals surface area contributed by atoms with Gasteiger partial charge >= 0.3 is 5.97 Å². The van der Waals surface area contributed by atoms with E-state index in [1.54, 1.807) is 24.3 Å². The molecule has 0 aliphatic heterocycles. The Morgan fingerprint density at radius 3 is 2.39 bits per heavy atom. The third-order valence-electron chi connectivity index (χ3n) is 8.28. The molecule has 6 nitrogen and oxygen atoms in total. The van der Waals surface area contributed by atoms with Gasteiger partial charge in [-0.2, -0.15) is 0 Å².